The summed E-state index contributed by atoms with van der Waals surface area (Å²) >= 11 is 0. The quantitative estimate of drug-likeness (QED) is 0.891. The molecule has 1 aromatic rings. The van der Waals surface area contributed by atoms with E-state index in [-0.39, 0.29) is 11.7 Å². The molecule has 0 fully saturated rings. The van der Waals surface area contributed by atoms with Crippen LogP contribution in [0.1, 0.15) is 18.9 Å². The van der Waals surface area contributed by atoms with Crippen LogP contribution in [-0.4, -0.2) is 20.2 Å². The molecule has 0 aromatic heterocycles. The van der Waals surface area contributed by atoms with Gasteiger partial charge in [-0.1, -0.05) is 12.1 Å². The van der Waals surface area contributed by atoms with E-state index in [1.54, 1.807) is 6.07 Å². The molecule has 1 aromatic carbocycles. The number of aryl methyl sites for hydroxylation is 1. The van der Waals surface area contributed by atoms with Crippen LogP contribution in [-0.2, 0) is 16.4 Å². The minimum Gasteiger partial charge on any atom is -0.381 e. The third-order valence-electron chi connectivity index (χ3n) is 2.87. The third-order valence-corrected chi connectivity index (χ3v) is 3.85. The van der Waals surface area contributed by atoms with E-state index in [1.165, 1.54) is 6.07 Å². The number of hydrogen-bond donors (Lipinski definition) is 2. The molecule has 100 valence electrons. The predicted octanol–water partition coefficient (Wildman–Crippen LogP) is 2.40. The fourth-order valence-electron chi connectivity index (χ4n) is 1.95. The van der Waals surface area contributed by atoms with Crippen LogP contribution in [0.15, 0.2) is 18.2 Å². The van der Waals surface area contributed by atoms with Crippen molar-refractivity contribution in [3.8, 4) is 0 Å². The van der Waals surface area contributed by atoms with Gasteiger partial charge in [-0.05, 0) is 31.4 Å². The molecule has 0 spiro atoms. The van der Waals surface area contributed by atoms with Crippen molar-refractivity contribution < 1.29 is 17.2 Å². The van der Waals surface area contributed by atoms with Crippen molar-refractivity contribution in [1.29, 1.82) is 0 Å². The largest absolute Gasteiger partial charge is 0.381 e. The summed E-state index contributed by atoms with van der Waals surface area (Å²) in [5, 5.41) is 3.12. The van der Waals surface area contributed by atoms with Gasteiger partial charge < -0.3 is 5.32 Å². The maximum Gasteiger partial charge on any atom is 0.355 e. The van der Waals surface area contributed by atoms with E-state index in [2.05, 4.69) is 5.32 Å². The van der Waals surface area contributed by atoms with Crippen LogP contribution in [0.3, 0.4) is 0 Å². The van der Waals surface area contributed by atoms with Gasteiger partial charge in [-0.25, -0.2) is 8.42 Å². The fraction of sp³-hybridized carbons (Fsp3) is 0.455. The van der Waals surface area contributed by atoms with Crippen molar-refractivity contribution in [2.24, 2.45) is 0 Å². The van der Waals surface area contributed by atoms with Crippen molar-refractivity contribution in [2.45, 2.75) is 31.6 Å². The molecule has 1 atom stereocenters. The summed E-state index contributed by atoms with van der Waals surface area (Å²) in [6, 6.07) is 5.17. The minimum absolute atomic E-state index is 0.180. The van der Waals surface area contributed by atoms with E-state index >= 15 is 0 Å². The van der Waals surface area contributed by atoms with Gasteiger partial charge in [0.05, 0.1) is 11.4 Å². The first-order valence-corrected chi connectivity index (χ1v) is 7.13. The monoisotopic (exact) mass is 276 g/mol. The second kappa shape index (κ2) is 4.72. The maximum atomic E-state index is 12.3. The fourth-order valence-corrected chi connectivity index (χ4v) is 2.52. The Morgan fingerprint density at radius 2 is 2.17 bits per heavy atom. The van der Waals surface area contributed by atoms with Crippen LogP contribution in [0.25, 0.3) is 0 Å². The Hall–Kier alpha value is -1.37. The maximum absolute atomic E-state index is 12.3. The van der Waals surface area contributed by atoms with Gasteiger partial charge in [-0.3, -0.25) is 4.72 Å². The summed E-state index contributed by atoms with van der Waals surface area (Å²) < 4.78 is 49.0. The summed E-state index contributed by atoms with van der Waals surface area (Å²) in [5.74, 6) is -3.44. The highest BCUT2D eigenvalue weighted by molar-refractivity contribution is 7.93. The average Bonchev–Trinajstić information content (AvgIpc) is 2.29. The van der Waals surface area contributed by atoms with Crippen molar-refractivity contribution >= 4 is 21.4 Å². The summed E-state index contributed by atoms with van der Waals surface area (Å²) in [4.78, 5) is 0. The van der Waals surface area contributed by atoms with Crippen molar-refractivity contribution in [1.82, 2.24) is 0 Å². The van der Waals surface area contributed by atoms with E-state index in [4.69, 9.17) is 0 Å². The number of hydrogen-bond acceptors (Lipinski definition) is 3. The molecular weight excluding hydrogens is 262 g/mol. The number of benzene rings is 1. The van der Waals surface area contributed by atoms with E-state index in [1.807, 2.05) is 17.7 Å². The number of anilines is 2. The molecule has 0 radical (unpaired) electrons. The summed E-state index contributed by atoms with van der Waals surface area (Å²) in [6.07, 6.45) is 1.73. The Balaban J connectivity index is 2.35. The normalized spacial score (nSPS) is 19.2. The second-order valence-electron chi connectivity index (χ2n) is 4.33. The van der Waals surface area contributed by atoms with Gasteiger partial charge in [0.2, 0.25) is 0 Å². The number of alkyl halides is 2. The lowest BCUT2D eigenvalue weighted by Gasteiger charge is -2.26. The molecule has 2 N–H and O–H groups in total. The number of halogens is 2. The van der Waals surface area contributed by atoms with Gasteiger partial charge in [-0.2, -0.15) is 8.78 Å². The second-order valence-corrected chi connectivity index (χ2v) is 5.98. The molecule has 2 rings (SSSR count). The van der Waals surface area contributed by atoms with Gasteiger partial charge in [0.1, 0.15) is 0 Å². The molecule has 0 saturated heterocycles. The summed E-state index contributed by atoms with van der Waals surface area (Å²) in [7, 11) is -4.63. The lowest BCUT2D eigenvalue weighted by Crippen LogP contribution is -2.25. The van der Waals surface area contributed by atoms with Crippen molar-refractivity contribution in [2.75, 3.05) is 10.0 Å². The first-order valence-electron chi connectivity index (χ1n) is 5.58. The van der Waals surface area contributed by atoms with Crippen molar-refractivity contribution in [3.05, 3.63) is 23.8 Å². The number of rotatable bonds is 3. The van der Waals surface area contributed by atoms with E-state index in [9.17, 15) is 17.2 Å². The van der Waals surface area contributed by atoms with Crippen LogP contribution < -0.4 is 10.0 Å². The van der Waals surface area contributed by atoms with Crippen LogP contribution in [0.4, 0.5) is 20.2 Å². The van der Waals surface area contributed by atoms with Crippen LogP contribution in [0, 0.1) is 0 Å². The Morgan fingerprint density at radius 3 is 2.83 bits per heavy atom. The molecular formula is C11H14F2N2O2S. The van der Waals surface area contributed by atoms with Gasteiger partial charge in [0.15, 0.2) is 0 Å². The van der Waals surface area contributed by atoms with Gasteiger partial charge in [-0.15, -0.1) is 0 Å². The first kappa shape index (κ1) is 13.1. The van der Waals surface area contributed by atoms with Crippen LogP contribution >= 0.6 is 0 Å². The topological polar surface area (TPSA) is 58.2 Å². The first-order chi connectivity index (χ1) is 8.40. The molecule has 4 nitrogen and oxygen atoms in total. The highest BCUT2D eigenvalue weighted by atomic mass is 32.2. The highest BCUT2D eigenvalue weighted by Gasteiger charge is 2.26. The van der Waals surface area contributed by atoms with E-state index in [0.717, 1.165) is 18.4 Å². The zero-order valence-corrected chi connectivity index (χ0v) is 10.6. The molecule has 0 saturated carbocycles. The van der Waals surface area contributed by atoms with Crippen molar-refractivity contribution in [3.63, 3.8) is 0 Å². The Labute approximate surface area is 104 Å². The van der Waals surface area contributed by atoms with Crippen LogP contribution in [0.2, 0.25) is 0 Å². The lowest BCUT2D eigenvalue weighted by atomic mass is 9.98. The number of fused-ring (bicyclic) bond motifs is 1. The third kappa shape index (κ3) is 2.55. The molecule has 7 heteroatoms. The van der Waals surface area contributed by atoms with Gasteiger partial charge >= 0.3 is 5.76 Å². The Morgan fingerprint density at radius 1 is 1.44 bits per heavy atom. The minimum atomic E-state index is -4.63. The van der Waals surface area contributed by atoms with Gasteiger partial charge in [0.25, 0.3) is 10.0 Å². The molecule has 1 aliphatic heterocycles. The molecule has 1 aliphatic rings. The van der Waals surface area contributed by atoms with Gasteiger partial charge in [0, 0.05) is 6.04 Å². The SMILES string of the molecule is CC1CCc2cccc(NS(=O)(=O)C(F)F)c2N1. The zero-order valence-electron chi connectivity index (χ0n) is 9.78. The molecule has 0 aliphatic carbocycles. The standard InChI is InChI=1S/C11H14F2N2O2S/c1-7-5-6-8-3-2-4-9(10(8)14-7)15-18(16,17)11(12)13/h2-4,7,11,14-15H,5-6H2,1H3. The molecule has 0 amide bonds. The number of sulfonamides is 1. The molecule has 0 bridgehead atoms. The summed E-state index contributed by atoms with van der Waals surface area (Å²) in [6.45, 7) is 1.96. The molecule has 1 heterocycles. The lowest BCUT2D eigenvalue weighted by molar-refractivity contribution is 0.236. The summed E-state index contributed by atoms with van der Waals surface area (Å²) in [5.41, 5.74) is 1.71. The predicted molar refractivity (Wildman–Crippen MR) is 66.4 cm³/mol. The average molecular weight is 276 g/mol. The number of para-hydroxylation sites is 1. The van der Waals surface area contributed by atoms with Crippen LogP contribution in [0.5, 0.6) is 0 Å². The van der Waals surface area contributed by atoms with E-state index in [0.29, 0.717) is 5.69 Å². The number of nitrogens with one attached hydrogen (secondary N) is 2. The molecule has 18 heavy (non-hydrogen) atoms. The molecule has 1 unspecified atom stereocenters. The Bertz CT molecular complexity index is 546. The zero-order chi connectivity index (χ0) is 13.3. The van der Waals surface area contributed by atoms with E-state index < -0.39 is 15.8 Å². The highest BCUT2D eigenvalue weighted by Crippen LogP contribution is 2.33. The Kier molecular flexibility index (Phi) is 3.43. The smallest absolute Gasteiger partial charge is 0.355 e.